The number of nitrogens with zero attached hydrogens (tertiary/aromatic N) is 2. The molecule has 2 aromatic rings. The molecule has 0 aliphatic rings. The molecule has 0 bridgehead atoms. The Morgan fingerprint density at radius 3 is 2.93 bits per heavy atom. The minimum Gasteiger partial charge on any atom is -0.504 e. The van der Waals surface area contributed by atoms with Crippen molar-refractivity contribution in [2.24, 2.45) is 0 Å². The number of methoxy groups -OCH3 is 1. The van der Waals surface area contributed by atoms with Crippen LogP contribution in [0, 0.1) is 0 Å². The number of ether oxygens (including phenoxy) is 1. The topological polar surface area (TPSA) is 81.3 Å². The van der Waals surface area contributed by atoms with Crippen molar-refractivity contribution < 1.29 is 9.84 Å². The van der Waals surface area contributed by atoms with Gasteiger partial charge in [-0.05, 0) is 6.07 Å². The lowest BCUT2D eigenvalue weighted by atomic mass is 10.2. The molecular formula is C9H9N3O2. The summed E-state index contributed by atoms with van der Waals surface area (Å²) in [6, 6.07) is 3.15. The van der Waals surface area contributed by atoms with Crippen molar-refractivity contribution in [3.8, 4) is 11.5 Å². The maximum absolute atomic E-state index is 9.47. The maximum Gasteiger partial charge on any atom is 0.220 e. The lowest BCUT2D eigenvalue weighted by Crippen LogP contribution is -1.94. The van der Waals surface area contributed by atoms with Crippen molar-refractivity contribution in [3.63, 3.8) is 0 Å². The zero-order valence-corrected chi connectivity index (χ0v) is 7.56. The highest BCUT2D eigenvalue weighted by Crippen LogP contribution is 2.29. The van der Waals surface area contributed by atoms with Gasteiger partial charge in [-0.3, -0.25) is 0 Å². The molecule has 0 spiro atoms. The molecule has 0 fully saturated rings. The zero-order valence-electron chi connectivity index (χ0n) is 7.56. The van der Waals surface area contributed by atoms with E-state index in [2.05, 4.69) is 9.97 Å². The van der Waals surface area contributed by atoms with Crippen molar-refractivity contribution in [2.45, 2.75) is 0 Å². The Morgan fingerprint density at radius 2 is 2.21 bits per heavy atom. The van der Waals surface area contributed by atoms with Gasteiger partial charge in [0.1, 0.15) is 0 Å². The number of anilines is 1. The minimum absolute atomic E-state index is 0.0399. The summed E-state index contributed by atoms with van der Waals surface area (Å²) in [7, 11) is 1.49. The van der Waals surface area contributed by atoms with E-state index in [0.717, 1.165) is 5.39 Å². The van der Waals surface area contributed by atoms with Crippen LogP contribution in [0.25, 0.3) is 10.9 Å². The molecule has 0 amide bonds. The van der Waals surface area contributed by atoms with E-state index in [-0.39, 0.29) is 11.7 Å². The smallest absolute Gasteiger partial charge is 0.220 e. The van der Waals surface area contributed by atoms with Gasteiger partial charge in [-0.2, -0.15) is 0 Å². The first kappa shape index (κ1) is 8.55. The van der Waals surface area contributed by atoms with Crippen molar-refractivity contribution in [1.82, 2.24) is 9.97 Å². The molecule has 5 heteroatoms. The summed E-state index contributed by atoms with van der Waals surface area (Å²) in [5, 5.41) is 10.2. The van der Waals surface area contributed by atoms with E-state index in [1.54, 1.807) is 12.3 Å². The molecule has 3 N–H and O–H groups in total. The third-order valence-corrected chi connectivity index (χ3v) is 1.90. The fourth-order valence-corrected chi connectivity index (χ4v) is 1.22. The molecule has 1 aromatic heterocycles. The number of fused-ring (bicyclic) bond motifs is 1. The summed E-state index contributed by atoms with van der Waals surface area (Å²) in [4.78, 5) is 7.80. The maximum atomic E-state index is 9.47. The fourth-order valence-electron chi connectivity index (χ4n) is 1.22. The molecule has 1 aromatic carbocycles. The van der Waals surface area contributed by atoms with Crippen LogP contribution >= 0.6 is 0 Å². The van der Waals surface area contributed by atoms with Crippen LogP contribution in [-0.4, -0.2) is 22.2 Å². The molecule has 72 valence electrons. The van der Waals surface area contributed by atoms with E-state index in [0.29, 0.717) is 11.3 Å². The predicted octanol–water partition coefficient (Wildman–Crippen LogP) is 0.926. The number of hydrogen-bond donors (Lipinski definition) is 2. The van der Waals surface area contributed by atoms with E-state index >= 15 is 0 Å². The summed E-state index contributed by atoms with van der Waals surface area (Å²) >= 11 is 0. The average Bonchev–Trinajstić information content (AvgIpc) is 2.16. The number of nitrogen functional groups attached to an aromatic ring is 1. The van der Waals surface area contributed by atoms with Gasteiger partial charge in [-0.25, -0.2) is 9.97 Å². The summed E-state index contributed by atoms with van der Waals surface area (Å²) in [5.41, 5.74) is 6.00. The molecule has 5 nitrogen and oxygen atoms in total. The van der Waals surface area contributed by atoms with Crippen LogP contribution in [-0.2, 0) is 0 Å². The second-order valence-electron chi connectivity index (χ2n) is 2.81. The van der Waals surface area contributed by atoms with E-state index in [1.807, 2.05) is 0 Å². The number of hydrogen-bond acceptors (Lipinski definition) is 5. The largest absolute Gasteiger partial charge is 0.504 e. The standard InChI is InChI=1S/C9H9N3O2/c1-14-8-2-5-4-11-9(10)12-6(5)3-7(8)13/h2-4,13H,1H3,(H2,10,11,12). The van der Waals surface area contributed by atoms with Gasteiger partial charge < -0.3 is 15.6 Å². The molecule has 0 saturated heterocycles. The Hall–Kier alpha value is -2.04. The molecule has 0 aliphatic carbocycles. The average molecular weight is 191 g/mol. The molecule has 0 unspecified atom stereocenters. The summed E-state index contributed by atoms with van der Waals surface area (Å²) in [5.74, 6) is 0.617. The first-order valence-corrected chi connectivity index (χ1v) is 4.00. The van der Waals surface area contributed by atoms with Crippen LogP contribution in [0.15, 0.2) is 18.3 Å². The molecule has 1 heterocycles. The van der Waals surface area contributed by atoms with Gasteiger partial charge in [0, 0.05) is 17.6 Å². The normalized spacial score (nSPS) is 10.4. The van der Waals surface area contributed by atoms with Crippen LogP contribution in [0.2, 0.25) is 0 Å². The van der Waals surface area contributed by atoms with Crippen LogP contribution in [0.4, 0.5) is 5.95 Å². The lowest BCUT2D eigenvalue weighted by molar-refractivity contribution is 0.374. The second kappa shape index (κ2) is 3.02. The van der Waals surface area contributed by atoms with E-state index in [4.69, 9.17) is 10.5 Å². The Labute approximate surface area is 80.2 Å². The highest BCUT2D eigenvalue weighted by molar-refractivity contribution is 5.82. The van der Waals surface area contributed by atoms with E-state index < -0.39 is 0 Å². The fraction of sp³-hybridized carbons (Fsp3) is 0.111. The van der Waals surface area contributed by atoms with Gasteiger partial charge in [0.15, 0.2) is 11.5 Å². The molecule has 0 saturated carbocycles. The quantitative estimate of drug-likeness (QED) is 0.700. The van der Waals surface area contributed by atoms with E-state index in [9.17, 15) is 5.11 Å². The van der Waals surface area contributed by atoms with Crippen molar-refractivity contribution in [1.29, 1.82) is 0 Å². The molecule has 0 atom stereocenters. The highest BCUT2D eigenvalue weighted by Gasteiger charge is 2.05. The van der Waals surface area contributed by atoms with Crippen molar-refractivity contribution >= 4 is 16.9 Å². The lowest BCUT2D eigenvalue weighted by Gasteiger charge is -2.04. The van der Waals surface area contributed by atoms with Gasteiger partial charge >= 0.3 is 0 Å². The number of nitrogens with two attached hydrogens (primary N) is 1. The molecule has 0 radical (unpaired) electrons. The Bertz CT molecular complexity index is 485. The SMILES string of the molecule is COc1cc2cnc(N)nc2cc1O. The minimum atomic E-state index is 0.0399. The molecular weight excluding hydrogens is 182 g/mol. The van der Waals surface area contributed by atoms with Gasteiger partial charge in [0.2, 0.25) is 5.95 Å². The van der Waals surface area contributed by atoms with Crippen molar-refractivity contribution in [3.05, 3.63) is 18.3 Å². The first-order chi connectivity index (χ1) is 6.70. The summed E-state index contributed by atoms with van der Waals surface area (Å²) in [6.07, 6.45) is 1.58. The van der Waals surface area contributed by atoms with Crippen LogP contribution in [0.5, 0.6) is 11.5 Å². The van der Waals surface area contributed by atoms with Crippen LogP contribution < -0.4 is 10.5 Å². The Kier molecular flexibility index (Phi) is 1.85. The Balaban J connectivity index is 2.73. The van der Waals surface area contributed by atoms with Crippen LogP contribution in [0.3, 0.4) is 0 Å². The number of benzene rings is 1. The van der Waals surface area contributed by atoms with Gasteiger partial charge in [-0.1, -0.05) is 0 Å². The number of rotatable bonds is 1. The summed E-state index contributed by atoms with van der Waals surface area (Å²) in [6.45, 7) is 0. The third kappa shape index (κ3) is 1.28. The van der Waals surface area contributed by atoms with E-state index in [1.165, 1.54) is 13.2 Å². The molecule has 0 aliphatic heterocycles. The predicted molar refractivity (Wildman–Crippen MR) is 52.2 cm³/mol. The monoisotopic (exact) mass is 191 g/mol. The van der Waals surface area contributed by atoms with Crippen molar-refractivity contribution in [2.75, 3.05) is 12.8 Å². The van der Waals surface area contributed by atoms with Gasteiger partial charge in [0.25, 0.3) is 0 Å². The molecule has 14 heavy (non-hydrogen) atoms. The third-order valence-electron chi connectivity index (χ3n) is 1.90. The zero-order chi connectivity index (χ0) is 10.1. The number of aromatic hydroxyl groups is 1. The second-order valence-corrected chi connectivity index (χ2v) is 2.81. The molecule has 2 rings (SSSR count). The highest BCUT2D eigenvalue weighted by atomic mass is 16.5. The van der Waals surface area contributed by atoms with Crippen LogP contribution in [0.1, 0.15) is 0 Å². The Morgan fingerprint density at radius 1 is 1.43 bits per heavy atom. The van der Waals surface area contributed by atoms with Gasteiger partial charge in [-0.15, -0.1) is 0 Å². The number of aromatic nitrogens is 2. The number of phenols is 1. The first-order valence-electron chi connectivity index (χ1n) is 4.00. The number of phenolic OH excluding ortho intramolecular Hbond substituents is 1. The van der Waals surface area contributed by atoms with Gasteiger partial charge in [0.05, 0.1) is 12.6 Å². The summed E-state index contributed by atoms with van der Waals surface area (Å²) < 4.78 is 4.95.